The molecule has 1 rings (SSSR count). The first-order valence-electron chi connectivity index (χ1n) is 5.02. The molecule has 3 heteroatoms. The highest BCUT2D eigenvalue weighted by Gasteiger charge is 2.11. The predicted molar refractivity (Wildman–Crippen MR) is 66.7 cm³/mol. The van der Waals surface area contributed by atoms with Crippen LogP contribution in [0.5, 0.6) is 0 Å². The van der Waals surface area contributed by atoms with Gasteiger partial charge < -0.3 is 10.1 Å². The third kappa shape index (κ3) is 3.76. The summed E-state index contributed by atoms with van der Waals surface area (Å²) in [6.45, 7) is 2.03. The molecule has 1 N–H and O–H groups in total. The van der Waals surface area contributed by atoms with E-state index in [1.807, 2.05) is 31.2 Å². The van der Waals surface area contributed by atoms with Crippen molar-refractivity contribution >= 4 is 21.6 Å². The van der Waals surface area contributed by atoms with Crippen molar-refractivity contribution in [3.8, 4) is 0 Å². The molecule has 0 radical (unpaired) electrons. The lowest BCUT2D eigenvalue weighted by molar-refractivity contribution is 0.151. The van der Waals surface area contributed by atoms with Crippen LogP contribution in [-0.2, 0) is 11.2 Å². The minimum Gasteiger partial charge on any atom is -0.376 e. The molecule has 0 spiro atoms. The summed E-state index contributed by atoms with van der Waals surface area (Å²) in [7, 11) is 1.66. The van der Waals surface area contributed by atoms with E-state index in [2.05, 4.69) is 15.9 Å². The van der Waals surface area contributed by atoms with Crippen molar-refractivity contribution < 1.29 is 4.74 Å². The van der Waals surface area contributed by atoms with E-state index in [1.54, 1.807) is 7.11 Å². The normalized spacial score (nSPS) is 12.5. The van der Waals surface area contributed by atoms with E-state index in [-0.39, 0.29) is 6.10 Å². The average Bonchev–Trinajstić information content (AvgIpc) is 2.23. The molecule has 1 atom stereocenters. The third-order valence-corrected chi connectivity index (χ3v) is 2.88. The van der Waals surface area contributed by atoms with E-state index in [1.165, 1.54) is 0 Å². The second-order valence-corrected chi connectivity index (χ2v) is 4.38. The summed E-state index contributed by atoms with van der Waals surface area (Å²) in [5.41, 5.74) is 1.79. The molecule has 0 saturated heterocycles. The monoisotopic (exact) mass is 269 g/mol. The van der Waals surface area contributed by atoms with Gasteiger partial charge in [-0.3, -0.25) is 0 Å². The Labute approximate surface area is 99.3 Å². The van der Waals surface area contributed by atoms with Crippen LogP contribution in [0, 0.1) is 5.41 Å². The van der Waals surface area contributed by atoms with E-state index in [0.29, 0.717) is 12.1 Å². The van der Waals surface area contributed by atoms with Gasteiger partial charge in [-0.25, -0.2) is 0 Å². The molecule has 0 aliphatic rings. The summed E-state index contributed by atoms with van der Waals surface area (Å²) in [4.78, 5) is 0. The van der Waals surface area contributed by atoms with Crippen LogP contribution in [0.2, 0.25) is 0 Å². The van der Waals surface area contributed by atoms with Crippen molar-refractivity contribution in [3.05, 3.63) is 34.3 Å². The molecule has 1 aromatic rings. The number of methoxy groups -OCH3 is 1. The lowest BCUT2D eigenvalue weighted by Gasteiger charge is -2.14. The zero-order valence-electron chi connectivity index (χ0n) is 9.09. The SMILES string of the molecule is CC[C@@H](OC)C(=N)Cc1ccc(Br)cc1. The first kappa shape index (κ1) is 12.4. The third-order valence-electron chi connectivity index (χ3n) is 2.35. The highest BCUT2D eigenvalue weighted by molar-refractivity contribution is 9.10. The summed E-state index contributed by atoms with van der Waals surface area (Å²) >= 11 is 3.39. The van der Waals surface area contributed by atoms with Gasteiger partial charge >= 0.3 is 0 Å². The maximum atomic E-state index is 7.90. The number of benzene rings is 1. The van der Waals surface area contributed by atoms with Crippen LogP contribution in [0.1, 0.15) is 18.9 Å². The Morgan fingerprint density at radius 1 is 1.40 bits per heavy atom. The highest BCUT2D eigenvalue weighted by atomic mass is 79.9. The zero-order valence-corrected chi connectivity index (χ0v) is 10.7. The van der Waals surface area contributed by atoms with Gasteiger partial charge in [0.2, 0.25) is 0 Å². The molecule has 0 aliphatic carbocycles. The summed E-state index contributed by atoms with van der Waals surface area (Å²) in [6.07, 6.45) is 1.47. The molecule has 82 valence electrons. The molecule has 0 aliphatic heterocycles. The molecule has 0 saturated carbocycles. The van der Waals surface area contributed by atoms with Crippen LogP contribution >= 0.6 is 15.9 Å². The number of halogens is 1. The Kier molecular flexibility index (Phi) is 4.99. The van der Waals surface area contributed by atoms with Crippen LogP contribution in [0.4, 0.5) is 0 Å². The Balaban J connectivity index is 2.61. The summed E-state index contributed by atoms with van der Waals surface area (Å²) < 4.78 is 6.29. The van der Waals surface area contributed by atoms with Crippen molar-refractivity contribution in [3.63, 3.8) is 0 Å². The maximum absolute atomic E-state index is 7.90. The lowest BCUT2D eigenvalue weighted by Crippen LogP contribution is -2.23. The van der Waals surface area contributed by atoms with Gasteiger partial charge in [0.25, 0.3) is 0 Å². The van der Waals surface area contributed by atoms with E-state index < -0.39 is 0 Å². The average molecular weight is 270 g/mol. The van der Waals surface area contributed by atoms with Crippen molar-refractivity contribution in [2.75, 3.05) is 7.11 Å². The Hall–Kier alpha value is -0.670. The Morgan fingerprint density at radius 2 is 2.00 bits per heavy atom. The summed E-state index contributed by atoms with van der Waals surface area (Å²) in [5, 5.41) is 7.90. The maximum Gasteiger partial charge on any atom is 0.0945 e. The van der Waals surface area contributed by atoms with Crippen LogP contribution in [0.3, 0.4) is 0 Å². The molecular weight excluding hydrogens is 254 g/mol. The Bertz CT molecular complexity index is 317. The molecule has 1 aromatic carbocycles. The highest BCUT2D eigenvalue weighted by Crippen LogP contribution is 2.12. The van der Waals surface area contributed by atoms with Crippen molar-refractivity contribution in [2.24, 2.45) is 0 Å². The fraction of sp³-hybridized carbons (Fsp3) is 0.417. The van der Waals surface area contributed by atoms with Gasteiger partial charge in [0, 0.05) is 23.7 Å². The molecule has 2 nitrogen and oxygen atoms in total. The van der Waals surface area contributed by atoms with Crippen molar-refractivity contribution in [1.29, 1.82) is 5.41 Å². The lowest BCUT2D eigenvalue weighted by atomic mass is 10.0. The largest absolute Gasteiger partial charge is 0.376 e. The van der Waals surface area contributed by atoms with Crippen molar-refractivity contribution in [1.82, 2.24) is 0 Å². The van der Waals surface area contributed by atoms with Crippen LogP contribution in [0.15, 0.2) is 28.7 Å². The van der Waals surface area contributed by atoms with E-state index >= 15 is 0 Å². The number of nitrogens with one attached hydrogen (secondary N) is 1. The van der Waals surface area contributed by atoms with Gasteiger partial charge in [-0.2, -0.15) is 0 Å². The topological polar surface area (TPSA) is 33.1 Å². The molecule has 0 heterocycles. The molecular formula is C12H16BrNO. The van der Waals surface area contributed by atoms with E-state index in [0.717, 1.165) is 16.5 Å². The molecule has 15 heavy (non-hydrogen) atoms. The van der Waals surface area contributed by atoms with Gasteiger partial charge in [0.15, 0.2) is 0 Å². The summed E-state index contributed by atoms with van der Waals surface area (Å²) in [6, 6.07) is 8.05. The molecule has 0 unspecified atom stereocenters. The first-order chi connectivity index (χ1) is 7.17. The van der Waals surface area contributed by atoms with Gasteiger partial charge in [-0.1, -0.05) is 35.0 Å². The fourth-order valence-electron chi connectivity index (χ4n) is 1.49. The van der Waals surface area contributed by atoms with Gasteiger partial charge in [-0.15, -0.1) is 0 Å². The molecule has 0 amide bonds. The van der Waals surface area contributed by atoms with Crippen LogP contribution in [0.25, 0.3) is 0 Å². The zero-order chi connectivity index (χ0) is 11.3. The number of hydrogen-bond acceptors (Lipinski definition) is 2. The predicted octanol–water partition coefficient (Wildman–Crippen LogP) is 3.44. The van der Waals surface area contributed by atoms with E-state index in [4.69, 9.17) is 10.1 Å². The fourth-order valence-corrected chi connectivity index (χ4v) is 1.76. The number of ether oxygens (including phenoxy) is 1. The molecule has 0 bridgehead atoms. The van der Waals surface area contributed by atoms with Crippen LogP contribution < -0.4 is 0 Å². The minimum atomic E-state index is -0.0475. The molecule has 0 aromatic heterocycles. The first-order valence-corrected chi connectivity index (χ1v) is 5.81. The van der Waals surface area contributed by atoms with Crippen LogP contribution in [-0.4, -0.2) is 18.9 Å². The quantitative estimate of drug-likeness (QED) is 0.817. The van der Waals surface area contributed by atoms with Gasteiger partial charge in [0.1, 0.15) is 0 Å². The van der Waals surface area contributed by atoms with E-state index in [9.17, 15) is 0 Å². The van der Waals surface area contributed by atoms with Gasteiger partial charge in [-0.05, 0) is 24.1 Å². The second-order valence-electron chi connectivity index (χ2n) is 3.46. The Morgan fingerprint density at radius 3 is 2.47 bits per heavy atom. The number of hydrogen-bond donors (Lipinski definition) is 1. The molecule has 0 fully saturated rings. The summed E-state index contributed by atoms with van der Waals surface area (Å²) in [5.74, 6) is 0. The minimum absolute atomic E-state index is 0.0475. The second kappa shape index (κ2) is 6.03. The van der Waals surface area contributed by atoms with Gasteiger partial charge in [0.05, 0.1) is 6.10 Å². The standard InChI is InChI=1S/C12H16BrNO/c1-3-12(15-2)11(14)8-9-4-6-10(13)7-5-9/h4-7,12,14H,3,8H2,1-2H3/t12-/m1/s1. The smallest absolute Gasteiger partial charge is 0.0945 e. The number of rotatable bonds is 5. The van der Waals surface area contributed by atoms with Crippen molar-refractivity contribution in [2.45, 2.75) is 25.9 Å².